The number of amides is 2. The van der Waals surface area contributed by atoms with Gasteiger partial charge >= 0.3 is 6.03 Å². The summed E-state index contributed by atoms with van der Waals surface area (Å²) in [6.07, 6.45) is 3.34. The van der Waals surface area contributed by atoms with Crippen LogP contribution >= 0.6 is 39.1 Å². The summed E-state index contributed by atoms with van der Waals surface area (Å²) in [5, 5.41) is 6.14. The number of carbonyl (C=O) groups is 1. The van der Waals surface area contributed by atoms with Gasteiger partial charge in [0.2, 0.25) is 0 Å². The van der Waals surface area contributed by atoms with Crippen molar-refractivity contribution >= 4 is 56.9 Å². The van der Waals surface area contributed by atoms with E-state index in [1.54, 1.807) is 30.5 Å². The van der Waals surface area contributed by atoms with Gasteiger partial charge in [-0.15, -0.1) is 0 Å². The number of hydrogen-bond acceptors (Lipinski definition) is 1. The minimum Gasteiger partial charge on any atom is -0.314 e. The fourth-order valence-electron chi connectivity index (χ4n) is 1.54. The van der Waals surface area contributed by atoms with Crippen molar-refractivity contribution in [3.8, 4) is 0 Å². The minimum absolute atomic E-state index is 0.396. The molecule has 6 heteroatoms. The number of halogens is 3. The molecule has 0 fully saturated rings. The van der Waals surface area contributed by atoms with Crippen LogP contribution in [0, 0.1) is 0 Å². The number of rotatable bonds is 3. The maximum Gasteiger partial charge on any atom is 0.323 e. The van der Waals surface area contributed by atoms with Gasteiger partial charge in [0.05, 0.1) is 10.7 Å². The molecule has 2 N–H and O–H groups in total. The maximum absolute atomic E-state index is 11.7. The van der Waals surface area contributed by atoms with Crippen LogP contribution in [0.2, 0.25) is 10.0 Å². The van der Waals surface area contributed by atoms with Crippen molar-refractivity contribution in [3.05, 3.63) is 68.7 Å². The van der Waals surface area contributed by atoms with Crippen LogP contribution in [0.1, 0.15) is 5.56 Å². The molecule has 2 amide bonds. The predicted octanol–water partition coefficient (Wildman–Crippen LogP) is 5.55. The molecule has 2 rings (SSSR count). The largest absolute Gasteiger partial charge is 0.323 e. The van der Waals surface area contributed by atoms with Crippen LogP contribution in [0.4, 0.5) is 10.5 Å². The van der Waals surface area contributed by atoms with Gasteiger partial charge in [-0.05, 0) is 42.0 Å². The highest BCUT2D eigenvalue weighted by molar-refractivity contribution is 9.10. The van der Waals surface area contributed by atoms with E-state index in [0.717, 1.165) is 10.0 Å². The van der Waals surface area contributed by atoms with E-state index in [4.69, 9.17) is 23.2 Å². The topological polar surface area (TPSA) is 41.1 Å². The van der Waals surface area contributed by atoms with E-state index in [1.807, 2.05) is 24.3 Å². The summed E-state index contributed by atoms with van der Waals surface area (Å²) in [6, 6.07) is 12.2. The quantitative estimate of drug-likeness (QED) is 0.714. The molecule has 0 atom stereocenters. The monoisotopic (exact) mass is 384 g/mol. The number of hydrogen-bond donors (Lipinski definition) is 2. The lowest BCUT2D eigenvalue weighted by Crippen LogP contribution is -2.23. The third-order valence-corrected chi connectivity index (χ3v) is 3.63. The molecule has 0 unspecified atom stereocenters. The lowest BCUT2D eigenvalue weighted by Gasteiger charge is -2.07. The molecule has 2 aromatic carbocycles. The molecular weight excluding hydrogens is 375 g/mol. The molecule has 0 aliphatic carbocycles. The second-order valence-corrected chi connectivity index (χ2v) is 5.87. The average molecular weight is 386 g/mol. The zero-order chi connectivity index (χ0) is 15.2. The van der Waals surface area contributed by atoms with Crippen molar-refractivity contribution in [1.82, 2.24) is 5.32 Å². The van der Waals surface area contributed by atoms with Crippen molar-refractivity contribution < 1.29 is 4.79 Å². The lowest BCUT2D eigenvalue weighted by atomic mass is 10.2. The minimum atomic E-state index is -0.396. The second kappa shape index (κ2) is 7.50. The molecule has 2 aromatic rings. The van der Waals surface area contributed by atoms with Crippen LogP contribution in [0.5, 0.6) is 0 Å². The van der Waals surface area contributed by atoms with Crippen molar-refractivity contribution in [2.24, 2.45) is 0 Å². The Morgan fingerprint density at radius 3 is 2.52 bits per heavy atom. The first kappa shape index (κ1) is 15.9. The van der Waals surface area contributed by atoms with E-state index in [1.165, 1.54) is 0 Å². The van der Waals surface area contributed by atoms with Crippen LogP contribution in [-0.2, 0) is 0 Å². The fraction of sp³-hybridized carbons (Fsp3) is 0. The summed E-state index contributed by atoms with van der Waals surface area (Å²) in [7, 11) is 0. The van der Waals surface area contributed by atoms with Gasteiger partial charge in [0.25, 0.3) is 0 Å². The molecule has 0 aromatic heterocycles. The second-order valence-electron chi connectivity index (χ2n) is 4.11. The molecule has 0 bridgehead atoms. The zero-order valence-corrected chi connectivity index (χ0v) is 13.8. The van der Waals surface area contributed by atoms with Gasteiger partial charge in [-0.1, -0.05) is 51.3 Å². The highest BCUT2D eigenvalue weighted by Gasteiger charge is 2.04. The average Bonchev–Trinajstić information content (AvgIpc) is 2.45. The van der Waals surface area contributed by atoms with Gasteiger partial charge in [0.15, 0.2) is 0 Å². The Balaban J connectivity index is 1.93. The Kier molecular flexibility index (Phi) is 5.67. The van der Waals surface area contributed by atoms with Crippen LogP contribution in [0.3, 0.4) is 0 Å². The van der Waals surface area contributed by atoms with Crippen LogP contribution in [0.25, 0.3) is 6.08 Å². The van der Waals surface area contributed by atoms with Crippen molar-refractivity contribution in [2.45, 2.75) is 0 Å². The van der Waals surface area contributed by atoms with E-state index in [-0.39, 0.29) is 0 Å². The summed E-state index contributed by atoms with van der Waals surface area (Å²) in [5.74, 6) is 0. The van der Waals surface area contributed by atoms with Gasteiger partial charge in [-0.3, -0.25) is 0 Å². The molecule has 0 aliphatic heterocycles. The van der Waals surface area contributed by atoms with E-state index in [0.29, 0.717) is 15.7 Å². The number of anilines is 1. The number of urea groups is 1. The summed E-state index contributed by atoms with van der Waals surface area (Å²) in [5.41, 5.74) is 1.43. The smallest absolute Gasteiger partial charge is 0.314 e. The molecule has 0 saturated heterocycles. The summed E-state index contributed by atoms with van der Waals surface area (Å²) >= 11 is 15.2. The first-order valence-corrected chi connectivity index (χ1v) is 7.54. The van der Waals surface area contributed by atoms with Gasteiger partial charge < -0.3 is 10.6 Å². The van der Waals surface area contributed by atoms with Crippen LogP contribution in [0.15, 0.2) is 53.1 Å². The van der Waals surface area contributed by atoms with E-state index >= 15 is 0 Å². The van der Waals surface area contributed by atoms with Crippen LogP contribution < -0.4 is 10.6 Å². The predicted molar refractivity (Wildman–Crippen MR) is 91.8 cm³/mol. The van der Waals surface area contributed by atoms with Crippen molar-refractivity contribution in [3.63, 3.8) is 0 Å². The van der Waals surface area contributed by atoms with E-state index < -0.39 is 6.03 Å². The van der Waals surface area contributed by atoms with Gasteiger partial charge in [0, 0.05) is 15.7 Å². The van der Waals surface area contributed by atoms with Crippen molar-refractivity contribution in [2.75, 3.05) is 5.32 Å². The van der Waals surface area contributed by atoms with E-state index in [9.17, 15) is 4.79 Å². The summed E-state index contributed by atoms with van der Waals surface area (Å²) < 4.78 is 1.00. The normalized spacial score (nSPS) is 10.6. The van der Waals surface area contributed by atoms with Crippen LogP contribution in [-0.4, -0.2) is 6.03 Å². The Labute approximate surface area is 141 Å². The van der Waals surface area contributed by atoms with Gasteiger partial charge in [0.1, 0.15) is 0 Å². The maximum atomic E-state index is 11.7. The zero-order valence-electron chi connectivity index (χ0n) is 10.7. The van der Waals surface area contributed by atoms with E-state index in [2.05, 4.69) is 26.6 Å². The molecule has 0 heterocycles. The first-order valence-electron chi connectivity index (χ1n) is 5.99. The Morgan fingerprint density at radius 2 is 1.81 bits per heavy atom. The molecule has 0 radical (unpaired) electrons. The summed E-state index contributed by atoms with van der Waals surface area (Å²) in [6.45, 7) is 0. The lowest BCUT2D eigenvalue weighted by molar-refractivity contribution is 0.255. The Morgan fingerprint density at radius 1 is 1.10 bits per heavy atom. The molecule has 3 nitrogen and oxygen atoms in total. The number of carbonyl (C=O) groups excluding carboxylic acids is 1. The molecule has 21 heavy (non-hydrogen) atoms. The molecule has 0 spiro atoms. The third kappa shape index (κ3) is 5.08. The van der Waals surface area contributed by atoms with Gasteiger partial charge in [-0.2, -0.15) is 0 Å². The number of nitrogens with one attached hydrogen (secondary N) is 2. The molecule has 0 aliphatic rings. The number of benzene rings is 2. The van der Waals surface area contributed by atoms with Gasteiger partial charge in [-0.25, -0.2) is 4.79 Å². The Hall–Kier alpha value is -1.49. The molecule has 0 saturated carbocycles. The highest BCUT2D eigenvalue weighted by Crippen LogP contribution is 2.25. The first-order chi connectivity index (χ1) is 10.0. The highest BCUT2D eigenvalue weighted by atomic mass is 79.9. The summed E-state index contributed by atoms with van der Waals surface area (Å²) in [4.78, 5) is 11.7. The fourth-order valence-corrected chi connectivity index (χ4v) is 2.14. The molecular formula is C15H11BrCl2N2O. The standard InChI is InChI=1S/C15H11BrCl2N2O/c16-11-3-1-10(2-4-11)7-8-19-15(21)20-14-9-12(17)5-6-13(14)18/h1-9H,(H2,19,20,21)/b8-7+. The third-order valence-electron chi connectivity index (χ3n) is 2.54. The Bertz CT molecular complexity index is 672. The molecule has 108 valence electrons. The SMILES string of the molecule is O=C(N/C=C/c1ccc(Br)cc1)Nc1cc(Cl)ccc1Cl. The van der Waals surface area contributed by atoms with Crippen molar-refractivity contribution in [1.29, 1.82) is 0 Å².